The van der Waals surface area contributed by atoms with Crippen LogP contribution in [0.3, 0.4) is 0 Å². The lowest BCUT2D eigenvalue weighted by Crippen LogP contribution is -2.26. The van der Waals surface area contributed by atoms with Crippen molar-refractivity contribution in [3.05, 3.63) is 77.5 Å². The summed E-state index contributed by atoms with van der Waals surface area (Å²) in [5.41, 5.74) is 5.98. The number of nitrogens with one attached hydrogen (secondary N) is 1. The van der Waals surface area contributed by atoms with Crippen molar-refractivity contribution in [2.24, 2.45) is 0 Å². The number of H-pyrrole nitrogens is 1. The molecule has 0 fully saturated rings. The van der Waals surface area contributed by atoms with E-state index in [9.17, 15) is 4.79 Å². The highest BCUT2D eigenvalue weighted by Gasteiger charge is 2.16. The first-order valence-electron chi connectivity index (χ1n) is 9.09. The average molecular weight is 363 g/mol. The number of rotatable bonds is 7. The number of aryl methyl sites for hydroxylation is 2. The summed E-state index contributed by atoms with van der Waals surface area (Å²) in [6, 6.07) is 14.3. The molecule has 0 saturated heterocycles. The van der Waals surface area contributed by atoms with Gasteiger partial charge in [-0.2, -0.15) is 0 Å². The SMILES string of the molecule is C=CCOC(=O)[C@H](C)Oc1cccc(Cc2c(C)[nH]c3ccc(C)cc23)c1. The van der Waals surface area contributed by atoms with Crippen LogP contribution in [0, 0.1) is 13.8 Å². The van der Waals surface area contributed by atoms with Gasteiger partial charge in [0, 0.05) is 16.6 Å². The molecule has 0 bridgehead atoms. The molecule has 0 spiro atoms. The fourth-order valence-corrected chi connectivity index (χ4v) is 3.17. The van der Waals surface area contributed by atoms with Gasteiger partial charge >= 0.3 is 5.97 Å². The summed E-state index contributed by atoms with van der Waals surface area (Å²) >= 11 is 0. The average Bonchev–Trinajstić information content (AvgIpc) is 2.95. The van der Waals surface area contributed by atoms with Gasteiger partial charge in [-0.1, -0.05) is 36.4 Å². The van der Waals surface area contributed by atoms with E-state index in [0.717, 1.165) is 17.5 Å². The fourth-order valence-electron chi connectivity index (χ4n) is 3.17. The van der Waals surface area contributed by atoms with E-state index in [1.165, 1.54) is 28.3 Å². The second kappa shape index (κ2) is 8.12. The first kappa shape index (κ1) is 18.8. The van der Waals surface area contributed by atoms with Gasteiger partial charge < -0.3 is 14.5 Å². The molecule has 1 heterocycles. The lowest BCUT2D eigenvalue weighted by Gasteiger charge is -2.14. The minimum absolute atomic E-state index is 0.186. The maximum atomic E-state index is 11.9. The van der Waals surface area contributed by atoms with Crippen LogP contribution < -0.4 is 4.74 Å². The van der Waals surface area contributed by atoms with Gasteiger partial charge in [-0.15, -0.1) is 0 Å². The van der Waals surface area contributed by atoms with Crippen LogP contribution in [-0.2, 0) is 16.0 Å². The number of carbonyl (C=O) groups excluding carboxylic acids is 1. The molecule has 3 rings (SSSR count). The predicted molar refractivity (Wildman–Crippen MR) is 108 cm³/mol. The third-order valence-corrected chi connectivity index (χ3v) is 4.54. The zero-order valence-electron chi connectivity index (χ0n) is 16.0. The van der Waals surface area contributed by atoms with Gasteiger partial charge in [-0.05, 0) is 62.6 Å². The number of esters is 1. The van der Waals surface area contributed by atoms with Gasteiger partial charge in [-0.25, -0.2) is 4.79 Å². The maximum absolute atomic E-state index is 11.9. The standard InChI is InChI=1S/C23H25NO3/c1-5-11-26-23(25)17(4)27-19-8-6-7-18(13-19)14-20-16(3)24-22-10-9-15(2)12-21(20)22/h5-10,12-13,17,24H,1,11,14H2,2-4H3/t17-/m0/s1. The summed E-state index contributed by atoms with van der Waals surface area (Å²) in [6.45, 7) is 9.61. The van der Waals surface area contributed by atoms with Gasteiger partial charge in [-0.3, -0.25) is 0 Å². The van der Waals surface area contributed by atoms with Crippen molar-refractivity contribution in [3.63, 3.8) is 0 Å². The van der Waals surface area contributed by atoms with Gasteiger partial charge in [0.25, 0.3) is 0 Å². The molecule has 2 aromatic carbocycles. The number of carbonyl (C=O) groups is 1. The minimum Gasteiger partial charge on any atom is -0.479 e. The molecule has 0 aliphatic rings. The van der Waals surface area contributed by atoms with Gasteiger partial charge in [0.05, 0.1) is 0 Å². The van der Waals surface area contributed by atoms with Crippen molar-refractivity contribution in [1.29, 1.82) is 0 Å². The molecule has 0 aliphatic heterocycles. The number of fused-ring (bicyclic) bond motifs is 1. The normalized spacial score (nSPS) is 12.0. The number of hydrogen-bond donors (Lipinski definition) is 1. The summed E-state index contributed by atoms with van der Waals surface area (Å²) in [7, 11) is 0. The molecule has 4 heteroatoms. The number of aromatic nitrogens is 1. The Morgan fingerprint density at radius 3 is 2.81 bits per heavy atom. The third kappa shape index (κ3) is 4.40. The molecule has 27 heavy (non-hydrogen) atoms. The van der Waals surface area contributed by atoms with Crippen LogP contribution in [-0.4, -0.2) is 23.7 Å². The highest BCUT2D eigenvalue weighted by molar-refractivity contribution is 5.85. The van der Waals surface area contributed by atoms with E-state index in [-0.39, 0.29) is 6.61 Å². The Kier molecular flexibility index (Phi) is 5.65. The van der Waals surface area contributed by atoms with E-state index in [4.69, 9.17) is 9.47 Å². The molecule has 1 atom stereocenters. The molecule has 0 unspecified atom stereocenters. The van der Waals surface area contributed by atoms with E-state index in [2.05, 4.69) is 49.7 Å². The van der Waals surface area contributed by atoms with E-state index >= 15 is 0 Å². The van der Waals surface area contributed by atoms with Gasteiger partial charge in [0.15, 0.2) is 6.10 Å². The predicted octanol–water partition coefficient (Wildman–Crippen LogP) is 4.87. The third-order valence-electron chi connectivity index (χ3n) is 4.54. The molecule has 0 amide bonds. The lowest BCUT2D eigenvalue weighted by molar-refractivity contribution is -0.149. The molecular weight excluding hydrogens is 338 g/mol. The van der Waals surface area contributed by atoms with E-state index in [0.29, 0.717) is 5.75 Å². The zero-order valence-corrected chi connectivity index (χ0v) is 16.0. The number of aromatic amines is 1. The van der Waals surface area contributed by atoms with Crippen molar-refractivity contribution < 1.29 is 14.3 Å². The molecule has 1 N–H and O–H groups in total. The Hall–Kier alpha value is -3.01. The molecule has 0 aliphatic carbocycles. The molecular formula is C23H25NO3. The summed E-state index contributed by atoms with van der Waals surface area (Å²) < 4.78 is 10.8. The lowest BCUT2D eigenvalue weighted by atomic mass is 10.0. The summed E-state index contributed by atoms with van der Waals surface area (Å²) in [5.74, 6) is 0.257. The maximum Gasteiger partial charge on any atom is 0.347 e. The monoisotopic (exact) mass is 363 g/mol. The Labute approximate surface area is 159 Å². The smallest absolute Gasteiger partial charge is 0.347 e. The van der Waals surface area contributed by atoms with Crippen molar-refractivity contribution in [2.75, 3.05) is 6.61 Å². The Morgan fingerprint density at radius 1 is 1.22 bits per heavy atom. The molecule has 4 nitrogen and oxygen atoms in total. The first-order chi connectivity index (χ1) is 13.0. The Balaban J connectivity index is 1.78. The fraction of sp³-hybridized carbons (Fsp3) is 0.261. The van der Waals surface area contributed by atoms with E-state index < -0.39 is 12.1 Å². The second-order valence-electron chi connectivity index (χ2n) is 6.78. The topological polar surface area (TPSA) is 51.3 Å². The Bertz CT molecular complexity index is 971. The van der Waals surface area contributed by atoms with Gasteiger partial charge in [0.1, 0.15) is 12.4 Å². The van der Waals surface area contributed by atoms with Crippen molar-refractivity contribution in [2.45, 2.75) is 33.3 Å². The van der Waals surface area contributed by atoms with Crippen molar-refractivity contribution in [1.82, 2.24) is 4.98 Å². The van der Waals surface area contributed by atoms with E-state index in [1.54, 1.807) is 6.92 Å². The second-order valence-corrected chi connectivity index (χ2v) is 6.78. The van der Waals surface area contributed by atoms with Crippen LogP contribution >= 0.6 is 0 Å². The van der Waals surface area contributed by atoms with Gasteiger partial charge in [0.2, 0.25) is 0 Å². The number of benzene rings is 2. The van der Waals surface area contributed by atoms with Crippen LogP contribution in [0.4, 0.5) is 0 Å². The molecule has 0 saturated carbocycles. The largest absolute Gasteiger partial charge is 0.479 e. The van der Waals surface area contributed by atoms with E-state index in [1.807, 2.05) is 18.2 Å². The van der Waals surface area contributed by atoms with Crippen LogP contribution in [0.15, 0.2) is 55.1 Å². The molecule has 140 valence electrons. The molecule has 1 aromatic heterocycles. The zero-order chi connectivity index (χ0) is 19.4. The summed E-state index contributed by atoms with van der Waals surface area (Å²) in [5, 5.41) is 1.25. The minimum atomic E-state index is -0.669. The van der Waals surface area contributed by atoms with Crippen molar-refractivity contribution in [3.8, 4) is 5.75 Å². The van der Waals surface area contributed by atoms with Crippen LogP contribution in [0.2, 0.25) is 0 Å². The Morgan fingerprint density at radius 2 is 2.04 bits per heavy atom. The number of hydrogen-bond acceptors (Lipinski definition) is 3. The summed E-state index contributed by atoms with van der Waals surface area (Å²) in [4.78, 5) is 15.3. The first-order valence-corrected chi connectivity index (χ1v) is 9.09. The van der Waals surface area contributed by atoms with Crippen LogP contribution in [0.5, 0.6) is 5.75 Å². The molecule has 3 aromatic rings. The molecule has 0 radical (unpaired) electrons. The van der Waals surface area contributed by atoms with Crippen molar-refractivity contribution >= 4 is 16.9 Å². The number of ether oxygens (including phenoxy) is 2. The summed E-state index contributed by atoms with van der Waals surface area (Å²) in [6.07, 6.45) is 1.66. The van der Waals surface area contributed by atoms with Crippen LogP contribution in [0.25, 0.3) is 10.9 Å². The highest BCUT2D eigenvalue weighted by Crippen LogP contribution is 2.27. The van der Waals surface area contributed by atoms with Crippen LogP contribution in [0.1, 0.15) is 29.3 Å². The quantitative estimate of drug-likeness (QED) is 0.481. The highest BCUT2D eigenvalue weighted by atomic mass is 16.6.